The van der Waals surface area contributed by atoms with E-state index in [0.29, 0.717) is 35.5 Å². The average Bonchev–Trinajstić information content (AvgIpc) is 3.30. The van der Waals surface area contributed by atoms with Crippen molar-refractivity contribution >= 4 is 34.3 Å². The first-order valence-electron chi connectivity index (χ1n) is 11.0. The van der Waals surface area contributed by atoms with Gasteiger partial charge in [0.2, 0.25) is 5.95 Å². The van der Waals surface area contributed by atoms with Crippen molar-refractivity contribution in [3.63, 3.8) is 0 Å². The lowest BCUT2D eigenvalue weighted by Crippen LogP contribution is -2.23. The highest BCUT2D eigenvalue weighted by Gasteiger charge is 2.38. The predicted molar refractivity (Wildman–Crippen MR) is 120 cm³/mol. The number of pyridine rings is 1. The lowest BCUT2D eigenvalue weighted by Gasteiger charge is -2.26. The molecule has 0 aromatic carbocycles. The maximum atomic E-state index is 12.7. The van der Waals surface area contributed by atoms with Crippen LogP contribution in [0.15, 0.2) is 29.5 Å². The summed E-state index contributed by atoms with van der Waals surface area (Å²) in [5.74, 6) is -0.0268. The molecular weight excluding hydrogens is 410 g/mol. The third kappa shape index (κ3) is 3.92. The lowest BCUT2D eigenvalue weighted by atomic mass is 9.86. The molecule has 2 fully saturated rings. The zero-order valence-corrected chi connectivity index (χ0v) is 18.2. The summed E-state index contributed by atoms with van der Waals surface area (Å²) in [6.45, 7) is 2.12. The van der Waals surface area contributed by atoms with Gasteiger partial charge in [0.15, 0.2) is 0 Å². The van der Waals surface area contributed by atoms with Crippen LogP contribution in [0.1, 0.15) is 51.5 Å². The summed E-state index contributed by atoms with van der Waals surface area (Å²) in [6, 6.07) is 2.00. The molecule has 10 nitrogen and oxygen atoms in total. The summed E-state index contributed by atoms with van der Waals surface area (Å²) < 4.78 is 3.42. The molecule has 0 bridgehead atoms. The monoisotopic (exact) mass is 437 g/mol. The van der Waals surface area contributed by atoms with Gasteiger partial charge in [-0.05, 0) is 51.5 Å². The maximum Gasteiger partial charge on any atom is 0.306 e. The van der Waals surface area contributed by atoms with E-state index < -0.39 is 5.97 Å². The van der Waals surface area contributed by atoms with Gasteiger partial charge >= 0.3 is 5.97 Å². The first kappa shape index (κ1) is 20.5. The molecule has 2 saturated carbocycles. The van der Waals surface area contributed by atoms with Gasteiger partial charge in [0.05, 0.1) is 29.4 Å². The van der Waals surface area contributed by atoms with Crippen LogP contribution in [0, 0.1) is 5.92 Å². The zero-order chi connectivity index (χ0) is 22.5. The van der Waals surface area contributed by atoms with Gasteiger partial charge in [-0.2, -0.15) is 10.1 Å². The van der Waals surface area contributed by atoms with E-state index in [9.17, 15) is 14.7 Å². The second-order valence-corrected chi connectivity index (χ2v) is 9.25. The van der Waals surface area contributed by atoms with Crippen LogP contribution >= 0.6 is 0 Å². The largest absolute Gasteiger partial charge is 0.481 e. The Bertz CT molecular complexity index is 1240. The SMILES string of the molecule is Cn1ccc2nc(Nc3cnn(C4CCC(C(=O)O)CC4)c3)nc(NC3(C)CC3)c2c1=O. The number of carbonyl (C=O) groups is 1. The van der Waals surface area contributed by atoms with Crippen molar-refractivity contribution in [3.8, 4) is 0 Å². The number of aromatic nitrogens is 5. The van der Waals surface area contributed by atoms with Crippen molar-refractivity contribution in [1.29, 1.82) is 0 Å². The fourth-order valence-electron chi connectivity index (χ4n) is 4.30. The Morgan fingerprint density at radius 1 is 1.22 bits per heavy atom. The number of nitrogens with one attached hydrogen (secondary N) is 2. The minimum Gasteiger partial charge on any atom is -0.481 e. The topological polar surface area (TPSA) is 127 Å². The first-order valence-corrected chi connectivity index (χ1v) is 11.0. The van der Waals surface area contributed by atoms with Gasteiger partial charge < -0.3 is 20.3 Å². The molecule has 32 heavy (non-hydrogen) atoms. The Morgan fingerprint density at radius 2 is 1.97 bits per heavy atom. The molecule has 3 aromatic rings. The van der Waals surface area contributed by atoms with Crippen molar-refractivity contribution in [3.05, 3.63) is 35.0 Å². The van der Waals surface area contributed by atoms with E-state index in [1.54, 1.807) is 19.4 Å². The molecular formula is C22H27N7O3. The molecule has 3 heterocycles. The Kier molecular flexibility index (Phi) is 4.87. The van der Waals surface area contributed by atoms with Crippen LogP contribution in [0.3, 0.4) is 0 Å². The van der Waals surface area contributed by atoms with E-state index in [0.717, 1.165) is 31.4 Å². The van der Waals surface area contributed by atoms with E-state index in [1.807, 2.05) is 16.9 Å². The van der Waals surface area contributed by atoms with Gasteiger partial charge in [0, 0.05) is 25.0 Å². The summed E-state index contributed by atoms with van der Waals surface area (Å²) in [5.41, 5.74) is 1.15. The van der Waals surface area contributed by atoms with Crippen LogP contribution in [0.5, 0.6) is 0 Å². The number of carboxylic acid groups (broad SMARTS) is 1. The normalized spacial score (nSPS) is 21.9. The van der Waals surface area contributed by atoms with Gasteiger partial charge in [0.25, 0.3) is 5.56 Å². The first-order chi connectivity index (χ1) is 15.3. The summed E-state index contributed by atoms with van der Waals surface area (Å²) in [4.78, 5) is 33.1. The van der Waals surface area contributed by atoms with Gasteiger partial charge in [-0.3, -0.25) is 14.3 Å². The predicted octanol–water partition coefficient (Wildman–Crippen LogP) is 3.05. The van der Waals surface area contributed by atoms with Crippen LogP contribution in [-0.4, -0.2) is 40.9 Å². The van der Waals surface area contributed by atoms with Gasteiger partial charge in [-0.25, -0.2) is 4.98 Å². The third-order valence-electron chi connectivity index (χ3n) is 6.63. The highest BCUT2D eigenvalue weighted by atomic mass is 16.4. The Hall–Kier alpha value is -3.43. The van der Waals surface area contributed by atoms with Gasteiger partial charge in [-0.15, -0.1) is 0 Å². The molecule has 168 valence electrons. The van der Waals surface area contributed by atoms with Crippen molar-refractivity contribution in [2.75, 3.05) is 10.6 Å². The van der Waals surface area contributed by atoms with Crippen molar-refractivity contribution in [2.24, 2.45) is 13.0 Å². The Labute approximate surface area is 184 Å². The smallest absolute Gasteiger partial charge is 0.306 e. The molecule has 3 aromatic heterocycles. The highest BCUT2D eigenvalue weighted by Crippen LogP contribution is 2.39. The lowest BCUT2D eigenvalue weighted by molar-refractivity contribution is -0.143. The van der Waals surface area contributed by atoms with Gasteiger partial charge in [0.1, 0.15) is 11.2 Å². The second kappa shape index (κ2) is 7.61. The molecule has 5 rings (SSSR count). The zero-order valence-electron chi connectivity index (χ0n) is 18.2. The number of fused-ring (bicyclic) bond motifs is 1. The molecule has 0 unspecified atom stereocenters. The number of carboxylic acids is 1. The standard InChI is InChI=1S/C22H27N7O3/c1-22(8-9-22)27-18-17-16(7-10-28(2)19(17)30)25-21(26-18)24-14-11-23-29(12-14)15-5-3-13(4-6-15)20(31)32/h7,10-13,15H,3-6,8-9H2,1-2H3,(H,31,32)(H2,24,25,26,27). The quantitative estimate of drug-likeness (QED) is 0.537. The van der Waals surface area contributed by atoms with E-state index >= 15 is 0 Å². The van der Waals surface area contributed by atoms with Crippen LogP contribution in [0.25, 0.3) is 10.9 Å². The second-order valence-electron chi connectivity index (χ2n) is 9.25. The number of hydrogen-bond acceptors (Lipinski definition) is 7. The minimum atomic E-state index is -0.709. The van der Waals surface area contributed by atoms with Crippen LogP contribution in [0.2, 0.25) is 0 Å². The Morgan fingerprint density at radius 3 is 2.66 bits per heavy atom. The number of nitrogens with zero attached hydrogens (tertiary/aromatic N) is 5. The number of aliphatic carboxylic acids is 1. The van der Waals surface area contributed by atoms with Crippen molar-refractivity contribution < 1.29 is 9.90 Å². The number of hydrogen-bond donors (Lipinski definition) is 3. The molecule has 3 N–H and O–H groups in total. The maximum absolute atomic E-state index is 12.7. The highest BCUT2D eigenvalue weighted by molar-refractivity contribution is 5.89. The molecule has 0 atom stereocenters. The molecule has 0 saturated heterocycles. The minimum absolute atomic E-state index is 0.0426. The molecule has 0 spiro atoms. The number of aryl methyl sites for hydroxylation is 1. The molecule has 0 radical (unpaired) electrons. The van der Waals surface area contributed by atoms with Crippen molar-refractivity contribution in [1.82, 2.24) is 24.3 Å². The summed E-state index contributed by atoms with van der Waals surface area (Å²) in [5, 5.41) is 20.8. The number of anilines is 3. The average molecular weight is 438 g/mol. The van der Waals surface area contributed by atoms with E-state index in [4.69, 9.17) is 0 Å². The van der Waals surface area contributed by atoms with Crippen LogP contribution < -0.4 is 16.2 Å². The molecule has 0 aliphatic heterocycles. The molecule has 10 heteroatoms. The van der Waals surface area contributed by atoms with Crippen LogP contribution in [0.4, 0.5) is 17.5 Å². The molecule has 2 aliphatic rings. The number of rotatable bonds is 6. The van der Waals surface area contributed by atoms with E-state index in [2.05, 4.69) is 32.6 Å². The summed E-state index contributed by atoms with van der Waals surface area (Å²) in [7, 11) is 1.72. The Balaban J connectivity index is 1.40. The van der Waals surface area contributed by atoms with Crippen molar-refractivity contribution in [2.45, 2.75) is 57.0 Å². The van der Waals surface area contributed by atoms with E-state index in [-0.39, 0.29) is 23.1 Å². The summed E-state index contributed by atoms with van der Waals surface area (Å²) >= 11 is 0. The molecule has 2 aliphatic carbocycles. The van der Waals surface area contributed by atoms with Crippen LogP contribution in [-0.2, 0) is 11.8 Å². The van der Waals surface area contributed by atoms with Gasteiger partial charge in [-0.1, -0.05) is 0 Å². The van der Waals surface area contributed by atoms with E-state index in [1.165, 1.54) is 4.57 Å². The molecule has 0 amide bonds. The fraction of sp³-hybridized carbons (Fsp3) is 0.500. The summed E-state index contributed by atoms with van der Waals surface area (Å²) in [6.07, 6.45) is 10.3. The fourth-order valence-corrected chi connectivity index (χ4v) is 4.30. The third-order valence-corrected chi connectivity index (χ3v) is 6.63.